The molecule has 2 aromatic rings. The van der Waals surface area contributed by atoms with Crippen molar-refractivity contribution >= 4 is 16.5 Å². The molecule has 0 unspecified atom stereocenters. The Hall–Kier alpha value is -1.42. The van der Waals surface area contributed by atoms with Crippen LogP contribution in [0.3, 0.4) is 0 Å². The van der Waals surface area contributed by atoms with E-state index in [0.717, 1.165) is 16.1 Å². The molecule has 0 aliphatic heterocycles. The first-order valence-corrected chi connectivity index (χ1v) is 5.66. The van der Waals surface area contributed by atoms with Gasteiger partial charge >= 0.3 is 0 Å². The molecule has 0 aliphatic carbocycles. The van der Waals surface area contributed by atoms with E-state index in [-0.39, 0.29) is 0 Å². The fraction of sp³-hybridized carbons (Fsp3) is 0.273. The lowest BCUT2D eigenvalue weighted by atomic mass is 10.1. The van der Waals surface area contributed by atoms with Crippen LogP contribution in [-0.2, 0) is 0 Å². The largest absolute Gasteiger partial charge is 0.375 e. The van der Waals surface area contributed by atoms with Crippen LogP contribution < -0.4 is 5.73 Å². The molecule has 0 saturated heterocycles. The van der Waals surface area contributed by atoms with Crippen LogP contribution in [0.2, 0.25) is 0 Å². The summed E-state index contributed by atoms with van der Waals surface area (Å²) < 4.78 is 0. The van der Waals surface area contributed by atoms with Gasteiger partial charge in [-0.25, -0.2) is 4.98 Å². The quantitative estimate of drug-likeness (QED) is 0.845. The second kappa shape index (κ2) is 3.98. The molecule has 0 atom stereocenters. The maximum Gasteiger partial charge on any atom is 0.180 e. The second-order valence-electron chi connectivity index (χ2n) is 3.66. The molecule has 0 radical (unpaired) electrons. The fourth-order valence-corrected chi connectivity index (χ4v) is 2.44. The summed E-state index contributed by atoms with van der Waals surface area (Å²) in [5.41, 5.74) is 7.96. The lowest BCUT2D eigenvalue weighted by Gasteiger charge is -2.04. The van der Waals surface area contributed by atoms with Gasteiger partial charge in [0.1, 0.15) is 0 Å². The van der Waals surface area contributed by atoms with Gasteiger partial charge in [-0.2, -0.15) is 0 Å². The number of aromatic nitrogens is 2. The van der Waals surface area contributed by atoms with Crippen molar-refractivity contribution in [1.29, 1.82) is 0 Å². The molecule has 0 bridgehead atoms. The van der Waals surface area contributed by atoms with Gasteiger partial charge in [-0.1, -0.05) is 25.2 Å². The molecule has 3 nitrogen and oxygen atoms in total. The van der Waals surface area contributed by atoms with Crippen LogP contribution in [0.4, 0.5) is 5.13 Å². The minimum absolute atomic E-state index is 0.390. The van der Waals surface area contributed by atoms with E-state index in [2.05, 4.69) is 23.8 Å². The highest BCUT2D eigenvalue weighted by Gasteiger charge is 2.13. The molecule has 0 amide bonds. The predicted octanol–water partition coefficient (Wildman–Crippen LogP) is 2.91. The molecule has 0 fully saturated rings. The van der Waals surface area contributed by atoms with Gasteiger partial charge in [0.05, 0.1) is 10.6 Å². The van der Waals surface area contributed by atoms with Crippen molar-refractivity contribution in [3.05, 3.63) is 30.2 Å². The zero-order valence-corrected chi connectivity index (χ0v) is 9.58. The third-order valence-corrected chi connectivity index (χ3v) is 3.11. The third-order valence-electron chi connectivity index (χ3n) is 2.16. The van der Waals surface area contributed by atoms with Gasteiger partial charge in [0, 0.05) is 12.4 Å². The lowest BCUT2D eigenvalue weighted by molar-refractivity contribution is 0.836. The first kappa shape index (κ1) is 10.1. The average molecular weight is 219 g/mol. The molecule has 0 aromatic carbocycles. The first-order valence-electron chi connectivity index (χ1n) is 4.85. The van der Waals surface area contributed by atoms with Crippen LogP contribution in [0, 0.1) is 0 Å². The van der Waals surface area contributed by atoms with Crippen LogP contribution in [-0.4, -0.2) is 9.97 Å². The zero-order chi connectivity index (χ0) is 10.8. The number of nitrogen functional groups attached to an aromatic ring is 1. The average Bonchev–Trinajstić information content (AvgIpc) is 2.62. The van der Waals surface area contributed by atoms with Gasteiger partial charge < -0.3 is 5.73 Å². The fourth-order valence-electron chi connectivity index (χ4n) is 1.45. The van der Waals surface area contributed by atoms with E-state index in [1.54, 1.807) is 12.4 Å². The number of thiazole rings is 1. The van der Waals surface area contributed by atoms with Crippen molar-refractivity contribution in [3.8, 4) is 10.4 Å². The van der Waals surface area contributed by atoms with E-state index in [4.69, 9.17) is 5.73 Å². The number of rotatable bonds is 2. The van der Waals surface area contributed by atoms with Gasteiger partial charge in [0.2, 0.25) is 0 Å². The molecular formula is C11H13N3S. The number of anilines is 1. The summed E-state index contributed by atoms with van der Waals surface area (Å²) >= 11 is 1.53. The van der Waals surface area contributed by atoms with Gasteiger partial charge in [0.25, 0.3) is 0 Å². The highest BCUT2D eigenvalue weighted by atomic mass is 32.1. The van der Waals surface area contributed by atoms with Crippen LogP contribution in [0.25, 0.3) is 10.4 Å². The van der Waals surface area contributed by atoms with Crippen LogP contribution in [0.1, 0.15) is 25.5 Å². The van der Waals surface area contributed by atoms with Crippen LogP contribution >= 0.6 is 11.3 Å². The van der Waals surface area contributed by atoms with Gasteiger partial charge in [-0.3, -0.25) is 4.98 Å². The normalized spacial score (nSPS) is 10.9. The Kier molecular flexibility index (Phi) is 2.68. The molecule has 2 heterocycles. The molecular weight excluding hydrogens is 206 g/mol. The van der Waals surface area contributed by atoms with E-state index >= 15 is 0 Å². The molecule has 4 heteroatoms. The smallest absolute Gasteiger partial charge is 0.180 e. The summed E-state index contributed by atoms with van der Waals surface area (Å²) in [6.45, 7) is 4.25. The summed E-state index contributed by atoms with van der Waals surface area (Å²) in [7, 11) is 0. The van der Waals surface area contributed by atoms with Crippen molar-refractivity contribution in [2.24, 2.45) is 0 Å². The molecule has 78 valence electrons. The molecule has 2 rings (SSSR count). The van der Waals surface area contributed by atoms with Crippen molar-refractivity contribution < 1.29 is 0 Å². The van der Waals surface area contributed by atoms with E-state index in [0.29, 0.717) is 11.0 Å². The Balaban J connectivity index is 2.53. The molecule has 0 saturated carbocycles. The summed E-state index contributed by atoms with van der Waals surface area (Å²) in [6, 6.07) is 3.97. The zero-order valence-electron chi connectivity index (χ0n) is 8.77. The van der Waals surface area contributed by atoms with Crippen LogP contribution in [0.5, 0.6) is 0 Å². The first-order chi connectivity index (χ1) is 7.18. The summed E-state index contributed by atoms with van der Waals surface area (Å²) in [5, 5.41) is 0.630. The second-order valence-corrected chi connectivity index (χ2v) is 4.69. The van der Waals surface area contributed by atoms with E-state index in [1.165, 1.54) is 11.3 Å². The number of hydrogen-bond donors (Lipinski definition) is 1. The van der Waals surface area contributed by atoms with Crippen molar-refractivity contribution in [2.75, 3.05) is 5.73 Å². The minimum Gasteiger partial charge on any atom is -0.375 e. The Labute approximate surface area is 93.0 Å². The molecule has 0 spiro atoms. The lowest BCUT2D eigenvalue weighted by Crippen LogP contribution is -1.91. The van der Waals surface area contributed by atoms with Crippen LogP contribution in [0.15, 0.2) is 24.5 Å². The maximum atomic E-state index is 5.75. The Bertz CT molecular complexity index is 448. The predicted molar refractivity (Wildman–Crippen MR) is 63.8 cm³/mol. The molecule has 15 heavy (non-hydrogen) atoms. The monoisotopic (exact) mass is 219 g/mol. The standard InChI is InChI=1S/C11H13N3S/c1-7(2)9-10(15-11(12)14-9)8-3-5-13-6-4-8/h3-7H,1-2H3,(H2,12,14). The number of nitrogens with two attached hydrogens (primary N) is 1. The van der Waals surface area contributed by atoms with Gasteiger partial charge in [0.15, 0.2) is 5.13 Å². The third kappa shape index (κ3) is 1.99. The van der Waals surface area contributed by atoms with Crippen molar-refractivity contribution in [2.45, 2.75) is 19.8 Å². The summed E-state index contributed by atoms with van der Waals surface area (Å²) in [4.78, 5) is 9.52. The molecule has 0 aliphatic rings. The summed E-state index contributed by atoms with van der Waals surface area (Å²) in [6.07, 6.45) is 3.57. The SMILES string of the molecule is CC(C)c1nc(N)sc1-c1ccncc1. The Morgan fingerprint density at radius 3 is 2.53 bits per heavy atom. The van der Waals surface area contributed by atoms with E-state index in [9.17, 15) is 0 Å². The van der Waals surface area contributed by atoms with E-state index in [1.807, 2.05) is 12.1 Å². The van der Waals surface area contributed by atoms with Gasteiger partial charge in [-0.15, -0.1) is 0 Å². The summed E-state index contributed by atoms with van der Waals surface area (Å²) in [5.74, 6) is 0.390. The molecule has 2 aromatic heterocycles. The van der Waals surface area contributed by atoms with Gasteiger partial charge in [-0.05, 0) is 23.6 Å². The minimum atomic E-state index is 0.390. The Morgan fingerprint density at radius 1 is 1.27 bits per heavy atom. The maximum absolute atomic E-state index is 5.75. The highest BCUT2D eigenvalue weighted by molar-refractivity contribution is 7.18. The Morgan fingerprint density at radius 2 is 1.93 bits per heavy atom. The number of pyridine rings is 1. The topological polar surface area (TPSA) is 51.8 Å². The molecule has 2 N–H and O–H groups in total. The van der Waals surface area contributed by atoms with Crippen molar-refractivity contribution in [3.63, 3.8) is 0 Å². The number of nitrogens with zero attached hydrogens (tertiary/aromatic N) is 2. The number of hydrogen-bond acceptors (Lipinski definition) is 4. The van der Waals surface area contributed by atoms with E-state index < -0.39 is 0 Å². The highest BCUT2D eigenvalue weighted by Crippen LogP contribution is 2.35. The van der Waals surface area contributed by atoms with Crippen molar-refractivity contribution in [1.82, 2.24) is 9.97 Å².